The molecule has 3 aromatic heterocycles. The number of nitrogens with zero attached hydrogens (tertiary/aromatic N) is 6. The number of rotatable bonds is 32. The molecule has 18 nitrogen and oxygen atoms in total. The molecule has 0 amide bonds. The second-order valence-electron chi connectivity index (χ2n) is 24.0. The summed E-state index contributed by atoms with van der Waals surface area (Å²) < 4.78 is 106. The van der Waals surface area contributed by atoms with E-state index >= 15 is 9.13 Å². The monoisotopic (exact) mass is 1170 g/mol. The van der Waals surface area contributed by atoms with Gasteiger partial charge in [-0.2, -0.15) is 0 Å². The van der Waals surface area contributed by atoms with Gasteiger partial charge in [0.25, 0.3) is 0 Å². The molecule has 3 aromatic carbocycles. The molecular formula is C59H89N6O12P3. The fourth-order valence-electron chi connectivity index (χ4n) is 9.75. The minimum atomic E-state index is -4.09. The number of methoxy groups -OCH3 is 3. The molecule has 0 radical (unpaired) electrons. The van der Waals surface area contributed by atoms with Gasteiger partial charge in [-0.05, 0) is 213 Å². The van der Waals surface area contributed by atoms with Gasteiger partial charge in [0.1, 0.15) is 17.2 Å². The van der Waals surface area contributed by atoms with Crippen molar-refractivity contribution < 1.29 is 55.0 Å². The summed E-state index contributed by atoms with van der Waals surface area (Å²) in [5, 5.41) is 2.78. The number of benzene rings is 3. The first-order valence-electron chi connectivity index (χ1n) is 28.3. The first kappa shape index (κ1) is 62.1. The lowest BCUT2D eigenvalue weighted by Gasteiger charge is -2.35. The van der Waals surface area contributed by atoms with E-state index in [1.165, 1.54) is 0 Å². The van der Waals surface area contributed by atoms with Crippen LogP contribution >= 0.6 is 23.2 Å². The Morgan fingerprint density at radius 3 is 1.35 bits per heavy atom. The van der Waals surface area contributed by atoms with Gasteiger partial charge in [-0.3, -0.25) is 40.2 Å². The molecule has 2 aliphatic carbocycles. The van der Waals surface area contributed by atoms with Crippen molar-refractivity contribution in [1.29, 1.82) is 0 Å². The van der Waals surface area contributed by atoms with E-state index in [0.717, 1.165) is 88.3 Å². The van der Waals surface area contributed by atoms with Crippen LogP contribution in [-0.4, -0.2) is 146 Å². The number of ether oxygens (including phenoxy) is 3. The summed E-state index contributed by atoms with van der Waals surface area (Å²) in [6, 6.07) is 17.3. The first-order chi connectivity index (χ1) is 37.7. The van der Waals surface area contributed by atoms with Crippen LogP contribution in [0.2, 0.25) is 0 Å². The van der Waals surface area contributed by atoms with E-state index in [-0.39, 0.29) is 18.3 Å². The van der Waals surface area contributed by atoms with Crippen molar-refractivity contribution in [3.05, 3.63) is 89.9 Å². The summed E-state index contributed by atoms with van der Waals surface area (Å²) in [5.74, 6) is 2.11. The highest BCUT2D eigenvalue weighted by molar-refractivity contribution is 7.53. The zero-order chi connectivity index (χ0) is 58.0. The number of hydrogen-bond acceptors (Lipinski definition) is 15. The third-order valence-electron chi connectivity index (χ3n) is 14.4. The molecule has 3 atom stereocenters. The fraction of sp³-hybridized carbons (Fsp3) is 0.593. The normalized spacial score (nSPS) is 16.7. The van der Waals surface area contributed by atoms with E-state index in [0.29, 0.717) is 68.9 Å². The van der Waals surface area contributed by atoms with E-state index in [9.17, 15) is 4.57 Å². The van der Waals surface area contributed by atoms with Crippen LogP contribution in [0.15, 0.2) is 73.2 Å². The summed E-state index contributed by atoms with van der Waals surface area (Å²) >= 11 is 0. The Morgan fingerprint density at radius 1 is 0.537 bits per heavy atom. The molecule has 3 unspecified atom stereocenters. The lowest BCUT2D eigenvalue weighted by molar-refractivity contribution is 0.0276. The standard InChI is InChI=1S/C59H89N6O12P3/c1-42(2)72-78(66,63-39-44(27-31-60(9)10)52-36-49(69-13)20-23-55(52)63)73-43(3)26-32-61(11)33-28-46-41-65(57-25-22-51(71-15)38-54(46)57)80(68,76-58(4,5)6)77-59(7,8)30-35-62(12)34-29-45-40-64(56-24-21-50(70-14)37-53(45)56)79(67,74-47-16-17-47)75-48-18-19-48/h20-25,36-43,47-48H,16-19,26-35H2,1-15H3. The van der Waals surface area contributed by atoms with Crippen molar-refractivity contribution in [1.82, 2.24) is 27.7 Å². The maximum absolute atomic E-state index is 15.7. The van der Waals surface area contributed by atoms with Crippen LogP contribution in [0.3, 0.4) is 0 Å². The van der Waals surface area contributed by atoms with Crippen LogP contribution < -0.4 is 14.2 Å². The van der Waals surface area contributed by atoms with Gasteiger partial charge in [-0.15, -0.1) is 0 Å². The highest BCUT2D eigenvalue weighted by Crippen LogP contribution is 2.61. The molecule has 2 fully saturated rings. The van der Waals surface area contributed by atoms with Gasteiger partial charge in [0, 0.05) is 67.5 Å². The fourth-order valence-corrected chi connectivity index (χ4v) is 16.3. The summed E-state index contributed by atoms with van der Waals surface area (Å²) in [7, 11) is 1.53. The lowest BCUT2D eigenvalue weighted by atomic mass is 10.1. The van der Waals surface area contributed by atoms with E-state index in [1.807, 2.05) is 143 Å². The predicted octanol–water partition coefficient (Wildman–Crippen LogP) is 13.5. The molecule has 80 heavy (non-hydrogen) atoms. The molecule has 8 rings (SSSR count). The van der Waals surface area contributed by atoms with Crippen LogP contribution in [0, 0.1) is 0 Å². The largest absolute Gasteiger partial charge is 0.497 e. The van der Waals surface area contributed by atoms with Crippen molar-refractivity contribution in [2.45, 2.75) is 149 Å². The van der Waals surface area contributed by atoms with Crippen LogP contribution in [0.25, 0.3) is 32.7 Å². The van der Waals surface area contributed by atoms with Crippen LogP contribution in [0.5, 0.6) is 17.2 Å². The molecule has 3 heterocycles. The smallest absolute Gasteiger partial charge is 0.440 e. The molecule has 0 spiro atoms. The zero-order valence-electron chi connectivity index (χ0n) is 50.1. The van der Waals surface area contributed by atoms with Crippen LogP contribution in [0.1, 0.15) is 111 Å². The van der Waals surface area contributed by atoms with Gasteiger partial charge in [-0.1, -0.05) is 0 Å². The minimum Gasteiger partial charge on any atom is -0.497 e. The van der Waals surface area contributed by atoms with E-state index in [4.69, 9.17) is 41.4 Å². The van der Waals surface area contributed by atoms with Gasteiger partial charge in [0.15, 0.2) is 0 Å². The maximum Gasteiger partial charge on any atom is 0.440 e. The summed E-state index contributed by atoms with van der Waals surface area (Å²) in [6.07, 6.45) is 11.5. The average molecular weight is 1170 g/mol. The van der Waals surface area contributed by atoms with Gasteiger partial charge < -0.3 is 28.9 Å². The van der Waals surface area contributed by atoms with Gasteiger partial charge >= 0.3 is 23.2 Å². The highest BCUT2D eigenvalue weighted by Gasteiger charge is 2.43. The molecule has 21 heteroatoms. The third kappa shape index (κ3) is 15.6. The quantitative estimate of drug-likeness (QED) is 0.0367. The molecule has 442 valence electrons. The SMILES string of the molecule is COc1ccc2c(c1)c(CCN(C)C)cn2P(=O)(OC(C)C)OC(C)CCN(C)CCc1cn(P(=O)(OC(C)(C)C)OC(C)(C)CCN(C)CCc2cn(P(=O)(OC3CC3)OC3CC3)c3ccc(OC)cc23)c2ccc(OC)cc12. The third-order valence-corrected chi connectivity index (χ3v) is 20.9. The van der Waals surface area contributed by atoms with E-state index < -0.39 is 40.5 Å². The van der Waals surface area contributed by atoms with E-state index in [2.05, 4.69) is 28.8 Å². The Bertz CT molecular complexity index is 3210. The van der Waals surface area contributed by atoms with Crippen molar-refractivity contribution in [3.63, 3.8) is 0 Å². The molecule has 0 saturated heterocycles. The summed E-state index contributed by atoms with van der Waals surface area (Å²) in [4.78, 5) is 6.57. The lowest BCUT2D eigenvalue weighted by Crippen LogP contribution is -2.33. The maximum atomic E-state index is 15.7. The Hall–Kier alpha value is -3.99. The average Bonchev–Trinajstić information content (AvgIpc) is 4.40. The van der Waals surface area contributed by atoms with Gasteiger partial charge in [0.05, 0.1) is 73.5 Å². The predicted molar refractivity (Wildman–Crippen MR) is 319 cm³/mol. The van der Waals surface area contributed by atoms with Gasteiger partial charge in [-0.25, -0.2) is 13.7 Å². The second kappa shape index (κ2) is 25.5. The van der Waals surface area contributed by atoms with Gasteiger partial charge in [0.2, 0.25) is 0 Å². The molecule has 2 saturated carbocycles. The molecule has 0 N–H and O–H groups in total. The number of likely N-dealkylation sites (N-methyl/N-ethyl adjacent to an activating group) is 3. The number of hydrogen-bond donors (Lipinski definition) is 0. The highest BCUT2D eigenvalue weighted by atomic mass is 31.2. The first-order valence-corrected chi connectivity index (χ1v) is 32.8. The molecule has 2 aliphatic rings. The minimum absolute atomic E-state index is 0.0562. The van der Waals surface area contributed by atoms with Crippen molar-refractivity contribution in [2.75, 3.05) is 82.2 Å². The molecular weight excluding hydrogens is 1080 g/mol. The van der Waals surface area contributed by atoms with E-state index in [1.54, 1.807) is 34.3 Å². The zero-order valence-corrected chi connectivity index (χ0v) is 52.7. The Balaban J connectivity index is 0.946. The Kier molecular flexibility index (Phi) is 19.8. The molecule has 6 aromatic rings. The Morgan fingerprint density at radius 2 is 0.950 bits per heavy atom. The van der Waals surface area contributed by atoms with Crippen LogP contribution in [0.4, 0.5) is 0 Å². The number of aromatic nitrogens is 3. The second-order valence-corrected chi connectivity index (χ2v) is 29.3. The Labute approximate surface area is 474 Å². The van der Waals surface area contributed by atoms with Crippen molar-refractivity contribution in [3.8, 4) is 17.2 Å². The van der Waals surface area contributed by atoms with Crippen LogP contribution in [-0.2, 0) is 60.1 Å². The summed E-state index contributed by atoms with van der Waals surface area (Å²) in [6.45, 7) is 18.7. The summed E-state index contributed by atoms with van der Waals surface area (Å²) in [5.41, 5.74) is 3.54. The number of fused-ring (bicyclic) bond motifs is 3. The molecule has 0 bridgehead atoms. The molecule has 0 aliphatic heterocycles. The topological polar surface area (TPSA) is 159 Å². The van der Waals surface area contributed by atoms with Crippen molar-refractivity contribution in [2.24, 2.45) is 0 Å². The van der Waals surface area contributed by atoms with Crippen molar-refractivity contribution >= 4 is 55.9 Å².